The maximum absolute atomic E-state index is 13.4. The summed E-state index contributed by atoms with van der Waals surface area (Å²) in [6.45, 7) is 2.33. The SMILES string of the molecule is C[C@H](c1nnc(SCc2ccc3c(c2)OCO3)n1-c1ccc(F)cc1)N(C)C. The third-order valence-corrected chi connectivity index (χ3v) is 5.70. The topological polar surface area (TPSA) is 52.4 Å². The van der Waals surface area contributed by atoms with Crippen LogP contribution in [0.25, 0.3) is 5.69 Å². The largest absolute Gasteiger partial charge is 0.454 e. The number of benzene rings is 2. The molecule has 0 spiro atoms. The van der Waals surface area contributed by atoms with Gasteiger partial charge in [-0.2, -0.15) is 0 Å². The minimum atomic E-state index is -0.270. The van der Waals surface area contributed by atoms with Gasteiger partial charge in [0.2, 0.25) is 6.79 Å². The van der Waals surface area contributed by atoms with Crippen molar-refractivity contribution < 1.29 is 13.9 Å². The molecule has 28 heavy (non-hydrogen) atoms. The first-order chi connectivity index (χ1) is 13.5. The summed E-state index contributed by atoms with van der Waals surface area (Å²) in [5.74, 6) is 2.77. The van der Waals surface area contributed by atoms with Gasteiger partial charge in [-0.25, -0.2) is 4.39 Å². The summed E-state index contributed by atoms with van der Waals surface area (Å²) in [4.78, 5) is 2.07. The van der Waals surface area contributed by atoms with Gasteiger partial charge in [0.25, 0.3) is 0 Å². The third-order valence-electron chi connectivity index (χ3n) is 4.70. The molecule has 0 bridgehead atoms. The lowest BCUT2D eigenvalue weighted by Crippen LogP contribution is -2.20. The molecule has 0 unspecified atom stereocenters. The maximum atomic E-state index is 13.4. The van der Waals surface area contributed by atoms with Crippen molar-refractivity contribution in [3.8, 4) is 17.2 Å². The summed E-state index contributed by atoms with van der Waals surface area (Å²) in [7, 11) is 3.99. The minimum Gasteiger partial charge on any atom is -0.454 e. The number of halogens is 1. The summed E-state index contributed by atoms with van der Waals surface area (Å²) in [6.07, 6.45) is 0. The second kappa shape index (κ2) is 7.81. The molecule has 0 N–H and O–H groups in total. The van der Waals surface area contributed by atoms with Gasteiger partial charge in [0.1, 0.15) is 5.82 Å². The van der Waals surface area contributed by atoms with Crippen molar-refractivity contribution >= 4 is 11.8 Å². The van der Waals surface area contributed by atoms with Gasteiger partial charge in [-0.15, -0.1) is 10.2 Å². The van der Waals surface area contributed by atoms with Crippen molar-refractivity contribution in [1.82, 2.24) is 19.7 Å². The van der Waals surface area contributed by atoms with Crippen molar-refractivity contribution in [2.45, 2.75) is 23.9 Å². The van der Waals surface area contributed by atoms with Crippen LogP contribution in [0.4, 0.5) is 4.39 Å². The Morgan fingerprint density at radius 1 is 1.11 bits per heavy atom. The normalized spacial score (nSPS) is 13.9. The van der Waals surface area contributed by atoms with Crippen LogP contribution in [0, 0.1) is 5.82 Å². The molecule has 3 aromatic rings. The smallest absolute Gasteiger partial charge is 0.231 e. The van der Waals surface area contributed by atoms with Crippen LogP contribution >= 0.6 is 11.8 Å². The first kappa shape index (κ1) is 18.8. The summed E-state index contributed by atoms with van der Waals surface area (Å²) in [5.41, 5.74) is 1.94. The molecular weight excluding hydrogens is 379 g/mol. The van der Waals surface area contributed by atoms with Gasteiger partial charge in [-0.05, 0) is 63.0 Å². The van der Waals surface area contributed by atoms with E-state index in [0.717, 1.165) is 33.7 Å². The molecule has 2 aromatic carbocycles. The molecule has 1 aromatic heterocycles. The Morgan fingerprint density at radius 3 is 2.61 bits per heavy atom. The summed E-state index contributed by atoms with van der Waals surface area (Å²) in [5, 5.41) is 9.58. The highest BCUT2D eigenvalue weighted by Gasteiger charge is 2.21. The molecule has 6 nitrogen and oxygen atoms in total. The molecule has 1 aliphatic rings. The molecular formula is C20H21FN4O2S. The van der Waals surface area contributed by atoms with Crippen molar-refractivity contribution in [3.63, 3.8) is 0 Å². The van der Waals surface area contributed by atoms with E-state index < -0.39 is 0 Å². The van der Waals surface area contributed by atoms with Crippen molar-refractivity contribution in [2.24, 2.45) is 0 Å². The number of fused-ring (bicyclic) bond motifs is 1. The van der Waals surface area contributed by atoms with E-state index in [1.165, 1.54) is 12.1 Å². The molecule has 4 rings (SSSR count). The lowest BCUT2D eigenvalue weighted by molar-refractivity contribution is 0.174. The number of rotatable bonds is 6. The van der Waals surface area contributed by atoms with Crippen molar-refractivity contribution in [2.75, 3.05) is 20.9 Å². The lowest BCUT2D eigenvalue weighted by atomic mass is 10.2. The van der Waals surface area contributed by atoms with Crippen LogP contribution in [0.1, 0.15) is 24.4 Å². The molecule has 0 saturated heterocycles. The van der Waals surface area contributed by atoms with Gasteiger partial charge in [-0.1, -0.05) is 17.8 Å². The quantitative estimate of drug-likeness (QED) is 0.582. The average molecular weight is 400 g/mol. The summed E-state index contributed by atoms with van der Waals surface area (Å²) < 4.78 is 26.2. The number of nitrogens with zero attached hydrogens (tertiary/aromatic N) is 4. The Labute approximate surface area is 167 Å². The van der Waals surface area contributed by atoms with Crippen LogP contribution in [0.3, 0.4) is 0 Å². The molecule has 0 aliphatic carbocycles. The van der Waals surface area contributed by atoms with Gasteiger partial charge >= 0.3 is 0 Å². The van der Waals surface area contributed by atoms with E-state index in [4.69, 9.17) is 9.47 Å². The molecule has 1 atom stereocenters. The van der Waals surface area contributed by atoms with E-state index in [0.29, 0.717) is 5.75 Å². The van der Waals surface area contributed by atoms with Crippen LogP contribution in [-0.4, -0.2) is 40.6 Å². The number of hydrogen-bond acceptors (Lipinski definition) is 6. The molecule has 1 aliphatic heterocycles. The number of aromatic nitrogens is 3. The lowest BCUT2D eigenvalue weighted by Gasteiger charge is -2.20. The molecule has 0 amide bonds. The number of hydrogen-bond donors (Lipinski definition) is 0. The highest BCUT2D eigenvalue weighted by Crippen LogP contribution is 2.35. The molecule has 8 heteroatoms. The zero-order valence-corrected chi connectivity index (χ0v) is 16.7. The van der Waals surface area contributed by atoms with Crippen LogP contribution in [0.5, 0.6) is 11.5 Å². The average Bonchev–Trinajstić information content (AvgIpc) is 3.32. The third kappa shape index (κ3) is 3.70. The summed E-state index contributed by atoms with van der Waals surface area (Å²) in [6, 6.07) is 12.4. The van der Waals surface area contributed by atoms with Gasteiger partial charge in [0.15, 0.2) is 22.5 Å². The number of thioether (sulfide) groups is 1. The van der Waals surface area contributed by atoms with E-state index in [1.807, 2.05) is 36.9 Å². The fraction of sp³-hybridized carbons (Fsp3) is 0.300. The van der Waals surface area contributed by atoms with Crippen LogP contribution < -0.4 is 9.47 Å². The number of ether oxygens (including phenoxy) is 2. The molecule has 0 saturated carbocycles. The van der Waals surface area contributed by atoms with Gasteiger partial charge in [0.05, 0.1) is 6.04 Å². The standard InChI is InChI=1S/C20H21FN4O2S/c1-13(24(2)3)19-22-23-20(25(19)16-7-5-15(21)6-8-16)28-11-14-4-9-17-18(10-14)27-12-26-17/h4-10,13H,11-12H2,1-3H3/t13-/m1/s1. The maximum Gasteiger partial charge on any atom is 0.231 e. The van der Waals surface area contributed by atoms with Crippen LogP contribution in [0.15, 0.2) is 47.6 Å². The predicted octanol–water partition coefficient (Wildman–Crippen LogP) is 4.05. The minimum absolute atomic E-state index is 0.0532. The summed E-state index contributed by atoms with van der Waals surface area (Å²) >= 11 is 1.58. The second-order valence-electron chi connectivity index (χ2n) is 6.77. The molecule has 146 valence electrons. The van der Waals surface area contributed by atoms with Crippen molar-refractivity contribution in [3.05, 3.63) is 59.7 Å². The first-order valence-corrected chi connectivity index (χ1v) is 9.90. The highest BCUT2D eigenvalue weighted by atomic mass is 32.2. The zero-order valence-electron chi connectivity index (χ0n) is 15.9. The van der Waals surface area contributed by atoms with E-state index in [-0.39, 0.29) is 18.7 Å². The van der Waals surface area contributed by atoms with E-state index in [9.17, 15) is 4.39 Å². The van der Waals surface area contributed by atoms with Gasteiger partial charge in [0, 0.05) is 11.4 Å². The Hall–Kier alpha value is -2.58. The van der Waals surface area contributed by atoms with Crippen LogP contribution in [0.2, 0.25) is 0 Å². The molecule has 0 radical (unpaired) electrons. The fourth-order valence-electron chi connectivity index (χ4n) is 2.89. The Morgan fingerprint density at radius 2 is 1.86 bits per heavy atom. The fourth-order valence-corrected chi connectivity index (χ4v) is 3.79. The van der Waals surface area contributed by atoms with Crippen LogP contribution in [-0.2, 0) is 5.75 Å². The van der Waals surface area contributed by atoms with E-state index >= 15 is 0 Å². The van der Waals surface area contributed by atoms with Gasteiger partial charge < -0.3 is 9.47 Å². The Kier molecular flexibility index (Phi) is 5.23. The molecule has 0 fully saturated rings. The first-order valence-electron chi connectivity index (χ1n) is 8.92. The second-order valence-corrected chi connectivity index (χ2v) is 7.71. The van der Waals surface area contributed by atoms with E-state index in [2.05, 4.69) is 22.0 Å². The molecule has 2 heterocycles. The predicted molar refractivity (Wildman–Crippen MR) is 106 cm³/mol. The highest BCUT2D eigenvalue weighted by molar-refractivity contribution is 7.98. The van der Waals surface area contributed by atoms with Gasteiger partial charge in [-0.3, -0.25) is 9.47 Å². The monoisotopic (exact) mass is 400 g/mol. The van der Waals surface area contributed by atoms with Crippen molar-refractivity contribution in [1.29, 1.82) is 0 Å². The Bertz CT molecular complexity index is 975. The zero-order chi connectivity index (χ0) is 19.7. The Balaban J connectivity index is 1.63. The van der Waals surface area contributed by atoms with E-state index in [1.54, 1.807) is 23.9 Å².